The zero-order valence-corrected chi connectivity index (χ0v) is 16.9. The number of rotatable bonds is 7. The third-order valence-electron chi connectivity index (χ3n) is 4.01. The van der Waals surface area contributed by atoms with Gasteiger partial charge in [0, 0.05) is 26.8 Å². The fourth-order valence-electron chi connectivity index (χ4n) is 2.87. The molecule has 0 aromatic heterocycles. The fourth-order valence-corrected chi connectivity index (χ4v) is 2.87. The normalized spacial score (nSPS) is 23.4. The minimum absolute atomic E-state index is 0.0565. The summed E-state index contributed by atoms with van der Waals surface area (Å²) in [6.45, 7) is 3.32. The van der Waals surface area contributed by atoms with Gasteiger partial charge >= 0.3 is 23.9 Å². The molecule has 0 aliphatic carbocycles. The Morgan fingerprint density at radius 2 is 1.63 bits per heavy atom. The van der Waals surface area contributed by atoms with Crippen molar-refractivity contribution in [1.82, 2.24) is 0 Å². The molecule has 0 spiro atoms. The Balaban J connectivity index is 2.11. The highest BCUT2D eigenvalue weighted by atomic mass is 16.7. The molecule has 1 aliphatic rings. The smallest absolute Gasteiger partial charge is 0.333 e. The van der Waals surface area contributed by atoms with Gasteiger partial charge in [0.05, 0.1) is 6.42 Å². The van der Waals surface area contributed by atoms with E-state index in [0.29, 0.717) is 0 Å². The average Bonchev–Trinajstić information content (AvgIpc) is 2.67. The van der Waals surface area contributed by atoms with Gasteiger partial charge in [-0.05, 0) is 11.6 Å². The van der Waals surface area contributed by atoms with E-state index in [2.05, 4.69) is 0 Å². The maximum atomic E-state index is 12.2. The third kappa shape index (κ3) is 7.67. The van der Waals surface area contributed by atoms with Crippen molar-refractivity contribution in [1.29, 1.82) is 0 Å². The Hall–Kier alpha value is -3.20. The SMILES string of the molecule is CC(=O)OC[C@H]1O[C@H](OC(=O)/C=C/c2ccccc2)C[C@@H](OC(C)=O)[C@@H]1OC(C)=O. The standard InChI is InChI=1S/C21H24O9/c1-13(22)26-12-18-21(28-15(3)24)17(27-14(2)23)11-20(29-18)30-19(25)10-9-16-7-5-4-6-8-16/h4-10,17-18,20-21H,11-12H2,1-3H3/b10-9+/t17-,18-,20-,21+/m1/s1. The summed E-state index contributed by atoms with van der Waals surface area (Å²) in [6.07, 6.45) is -1.32. The second-order valence-electron chi connectivity index (χ2n) is 6.55. The van der Waals surface area contributed by atoms with E-state index in [1.54, 1.807) is 6.08 Å². The molecule has 30 heavy (non-hydrogen) atoms. The first-order valence-electron chi connectivity index (χ1n) is 9.31. The van der Waals surface area contributed by atoms with Crippen molar-refractivity contribution in [3.05, 3.63) is 42.0 Å². The molecule has 0 radical (unpaired) electrons. The summed E-state index contributed by atoms with van der Waals surface area (Å²) < 4.78 is 26.4. The molecule has 1 heterocycles. The van der Waals surface area contributed by atoms with Gasteiger partial charge in [-0.2, -0.15) is 0 Å². The molecule has 9 heteroatoms. The number of ether oxygens (including phenoxy) is 5. The van der Waals surface area contributed by atoms with Gasteiger partial charge in [0.15, 0.2) is 6.10 Å². The van der Waals surface area contributed by atoms with E-state index in [-0.39, 0.29) is 13.0 Å². The Labute approximate surface area is 173 Å². The lowest BCUT2D eigenvalue weighted by molar-refractivity contribution is -0.259. The Bertz CT molecular complexity index is 787. The molecule has 162 valence electrons. The van der Waals surface area contributed by atoms with E-state index >= 15 is 0 Å². The highest BCUT2D eigenvalue weighted by molar-refractivity contribution is 5.87. The van der Waals surface area contributed by atoms with E-state index in [1.807, 2.05) is 30.3 Å². The Morgan fingerprint density at radius 3 is 2.23 bits per heavy atom. The largest absolute Gasteiger partial charge is 0.463 e. The highest BCUT2D eigenvalue weighted by Crippen LogP contribution is 2.27. The molecule has 2 rings (SSSR count). The first-order valence-corrected chi connectivity index (χ1v) is 9.31. The highest BCUT2D eigenvalue weighted by Gasteiger charge is 2.44. The first-order chi connectivity index (χ1) is 14.2. The predicted octanol–water partition coefficient (Wildman–Crippen LogP) is 1.78. The number of carbonyl (C=O) groups excluding carboxylic acids is 4. The van der Waals surface area contributed by atoms with Crippen LogP contribution in [0.5, 0.6) is 0 Å². The number of esters is 4. The second-order valence-corrected chi connectivity index (χ2v) is 6.55. The van der Waals surface area contributed by atoms with Crippen LogP contribution in [0.1, 0.15) is 32.8 Å². The van der Waals surface area contributed by atoms with Gasteiger partial charge in [-0.15, -0.1) is 0 Å². The summed E-state index contributed by atoms with van der Waals surface area (Å²) in [6, 6.07) is 9.14. The van der Waals surface area contributed by atoms with Crippen molar-refractivity contribution in [2.24, 2.45) is 0 Å². The van der Waals surface area contributed by atoms with E-state index < -0.39 is 48.5 Å². The minimum atomic E-state index is -1.10. The van der Waals surface area contributed by atoms with E-state index in [9.17, 15) is 19.2 Å². The van der Waals surface area contributed by atoms with Gasteiger partial charge in [0.1, 0.15) is 18.8 Å². The number of benzene rings is 1. The van der Waals surface area contributed by atoms with Crippen LogP contribution in [0.25, 0.3) is 6.08 Å². The van der Waals surface area contributed by atoms with Crippen molar-refractivity contribution in [3.63, 3.8) is 0 Å². The lowest BCUT2D eigenvalue weighted by atomic mass is 10.0. The lowest BCUT2D eigenvalue weighted by Crippen LogP contribution is -2.54. The van der Waals surface area contributed by atoms with Crippen LogP contribution in [0.3, 0.4) is 0 Å². The molecule has 0 bridgehead atoms. The molecule has 0 amide bonds. The molecule has 9 nitrogen and oxygen atoms in total. The summed E-state index contributed by atoms with van der Waals surface area (Å²) in [4.78, 5) is 46.3. The van der Waals surface area contributed by atoms with E-state index in [4.69, 9.17) is 23.7 Å². The van der Waals surface area contributed by atoms with Crippen molar-refractivity contribution in [3.8, 4) is 0 Å². The minimum Gasteiger partial charge on any atom is -0.463 e. The molecule has 1 aromatic carbocycles. The van der Waals surface area contributed by atoms with Gasteiger partial charge < -0.3 is 23.7 Å². The van der Waals surface area contributed by atoms with Gasteiger partial charge in [-0.3, -0.25) is 14.4 Å². The summed E-state index contributed by atoms with van der Waals surface area (Å²) >= 11 is 0. The van der Waals surface area contributed by atoms with Crippen LogP contribution in [-0.2, 0) is 42.9 Å². The summed E-state index contributed by atoms with van der Waals surface area (Å²) in [5.41, 5.74) is 0.805. The Morgan fingerprint density at radius 1 is 0.967 bits per heavy atom. The topological polar surface area (TPSA) is 114 Å². The number of hydrogen-bond acceptors (Lipinski definition) is 9. The molecule has 1 fully saturated rings. The molecular weight excluding hydrogens is 396 g/mol. The van der Waals surface area contributed by atoms with Crippen molar-refractivity contribution in [2.75, 3.05) is 6.61 Å². The quantitative estimate of drug-likeness (QED) is 0.370. The molecule has 0 N–H and O–H groups in total. The lowest BCUT2D eigenvalue weighted by Gasteiger charge is -2.39. The molecule has 1 saturated heterocycles. The van der Waals surface area contributed by atoms with E-state index in [0.717, 1.165) is 5.56 Å². The van der Waals surface area contributed by atoms with E-state index in [1.165, 1.54) is 26.8 Å². The van der Waals surface area contributed by atoms with Gasteiger partial charge in [-0.25, -0.2) is 4.79 Å². The fraction of sp³-hybridized carbons (Fsp3) is 0.429. The van der Waals surface area contributed by atoms with Gasteiger partial charge in [0.25, 0.3) is 0 Å². The molecule has 1 aromatic rings. The van der Waals surface area contributed by atoms with Crippen LogP contribution in [0.4, 0.5) is 0 Å². The first kappa shape index (κ1) is 23.1. The van der Waals surface area contributed by atoms with Crippen LogP contribution >= 0.6 is 0 Å². The van der Waals surface area contributed by atoms with Gasteiger partial charge in [-0.1, -0.05) is 30.3 Å². The third-order valence-corrected chi connectivity index (χ3v) is 4.01. The summed E-state index contributed by atoms with van der Waals surface area (Å²) in [5.74, 6) is -2.49. The maximum absolute atomic E-state index is 12.2. The molecule has 4 atom stereocenters. The average molecular weight is 420 g/mol. The Kier molecular flexibility index (Phi) is 8.54. The zero-order chi connectivity index (χ0) is 22.1. The monoisotopic (exact) mass is 420 g/mol. The van der Waals surface area contributed by atoms with Crippen molar-refractivity contribution >= 4 is 30.0 Å². The van der Waals surface area contributed by atoms with Crippen molar-refractivity contribution < 1.29 is 42.9 Å². The number of hydrogen-bond donors (Lipinski definition) is 0. The maximum Gasteiger partial charge on any atom is 0.333 e. The zero-order valence-electron chi connectivity index (χ0n) is 16.9. The van der Waals surface area contributed by atoms with Crippen LogP contribution < -0.4 is 0 Å². The van der Waals surface area contributed by atoms with Crippen LogP contribution in [-0.4, -0.2) is 55.1 Å². The number of carbonyl (C=O) groups is 4. The molecule has 1 aliphatic heterocycles. The molecular formula is C21H24O9. The molecule has 0 unspecified atom stereocenters. The second kappa shape index (κ2) is 11.1. The summed E-state index contributed by atoms with van der Waals surface area (Å²) in [5, 5.41) is 0. The van der Waals surface area contributed by atoms with Gasteiger partial charge in [0.2, 0.25) is 6.29 Å². The van der Waals surface area contributed by atoms with Crippen LogP contribution in [0.2, 0.25) is 0 Å². The molecule has 0 saturated carbocycles. The van der Waals surface area contributed by atoms with Crippen LogP contribution in [0.15, 0.2) is 36.4 Å². The van der Waals surface area contributed by atoms with Crippen molar-refractivity contribution in [2.45, 2.75) is 51.8 Å². The predicted molar refractivity (Wildman–Crippen MR) is 103 cm³/mol. The van der Waals surface area contributed by atoms with Crippen LogP contribution in [0, 0.1) is 0 Å². The summed E-state index contributed by atoms with van der Waals surface area (Å²) in [7, 11) is 0.